The van der Waals surface area contributed by atoms with E-state index in [4.69, 9.17) is 0 Å². The Labute approximate surface area is 155 Å². The summed E-state index contributed by atoms with van der Waals surface area (Å²) in [5, 5.41) is 5.60. The number of halogens is 2. The number of rotatable bonds is 4. The number of carbonyl (C=O) groups excluding carboxylic acids is 1. The molecule has 5 nitrogen and oxygen atoms in total. The first-order chi connectivity index (χ1) is 12.8. The molecular weight excluding hydrogens is 350 g/mol. The molecule has 1 heterocycles. The molecule has 0 saturated heterocycles. The summed E-state index contributed by atoms with van der Waals surface area (Å²) in [6, 6.07) is 10.3. The predicted molar refractivity (Wildman–Crippen MR) is 100 cm³/mol. The molecule has 27 heavy (non-hydrogen) atoms. The molecule has 3 aromatic rings. The van der Waals surface area contributed by atoms with Crippen molar-refractivity contribution >= 4 is 23.1 Å². The highest BCUT2D eigenvalue weighted by atomic mass is 19.1. The van der Waals surface area contributed by atoms with Gasteiger partial charge in [0.05, 0.1) is 5.69 Å². The largest absolute Gasteiger partial charge is 0.338 e. The van der Waals surface area contributed by atoms with Crippen LogP contribution >= 0.6 is 0 Å². The van der Waals surface area contributed by atoms with Crippen LogP contribution < -0.4 is 10.6 Å². The van der Waals surface area contributed by atoms with E-state index >= 15 is 0 Å². The number of para-hydroxylation sites is 1. The molecule has 0 unspecified atom stereocenters. The minimum atomic E-state index is -0.757. The third-order valence-corrected chi connectivity index (χ3v) is 3.98. The van der Waals surface area contributed by atoms with Crippen LogP contribution in [0.15, 0.2) is 42.5 Å². The Morgan fingerprint density at radius 2 is 1.67 bits per heavy atom. The second kappa shape index (κ2) is 7.49. The molecule has 0 saturated carbocycles. The van der Waals surface area contributed by atoms with Crippen molar-refractivity contribution in [2.24, 2.45) is 0 Å². The molecule has 7 heteroatoms. The number of hydrogen-bond donors (Lipinski definition) is 2. The summed E-state index contributed by atoms with van der Waals surface area (Å²) >= 11 is 0. The molecule has 0 aliphatic carbocycles. The maximum absolute atomic E-state index is 13.8. The van der Waals surface area contributed by atoms with Gasteiger partial charge in [-0.2, -0.15) is 0 Å². The molecule has 2 aromatic carbocycles. The average molecular weight is 368 g/mol. The van der Waals surface area contributed by atoms with Gasteiger partial charge in [0.15, 0.2) is 0 Å². The van der Waals surface area contributed by atoms with E-state index in [-0.39, 0.29) is 17.2 Å². The number of hydrogen-bond acceptors (Lipinski definition) is 4. The van der Waals surface area contributed by atoms with Gasteiger partial charge in [-0.3, -0.25) is 4.79 Å². The number of aromatic nitrogens is 2. The molecule has 3 rings (SSSR count). The minimum Gasteiger partial charge on any atom is -0.338 e. The second-order valence-electron chi connectivity index (χ2n) is 6.16. The average Bonchev–Trinajstić information content (AvgIpc) is 2.60. The molecule has 0 bridgehead atoms. The summed E-state index contributed by atoms with van der Waals surface area (Å²) in [5.74, 6) is -1.26. The molecule has 1 aromatic heterocycles. The van der Waals surface area contributed by atoms with E-state index in [9.17, 15) is 13.6 Å². The zero-order valence-electron chi connectivity index (χ0n) is 15.1. The smallest absolute Gasteiger partial charge is 0.274 e. The quantitative estimate of drug-likeness (QED) is 0.702. The molecule has 0 atom stereocenters. The van der Waals surface area contributed by atoms with E-state index in [0.717, 1.165) is 28.9 Å². The second-order valence-corrected chi connectivity index (χ2v) is 6.16. The lowest BCUT2D eigenvalue weighted by atomic mass is 10.1. The standard InChI is InChI=1S/C20H18F2N4O/c1-11-5-4-6-12(2)19(11)26-20(27)17-10-18(24-13(3)23-17)25-16-8-7-14(21)9-15(16)22/h4-10H,1-3H3,(H,26,27)(H,23,24,25). The topological polar surface area (TPSA) is 66.9 Å². The highest BCUT2D eigenvalue weighted by molar-refractivity contribution is 6.04. The minimum absolute atomic E-state index is 0.0515. The van der Waals surface area contributed by atoms with Gasteiger partial charge >= 0.3 is 0 Å². The Balaban J connectivity index is 1.87. The zero-order valence-corrected chi connectivity index (χ0v) is 15.1. The van der Waals surface area contributed by atoms with Gasteiger partial charge in [-0.05, 0) is 44.0 Å². The summed E-state index contributed by atoms with van der Waals surface area (Å²) in [7, 11) is 0. The monoisotopic (exact) mass is 368 g/mol. The molecule has 0 aliphatic rings. The van der Waals surface area contributed by atoms with E-state index in [0.29, 0.717) is 5.82 Å². The van der Waals surface area contributed by atoms with Crippen molar-refractivity contribution in [3.63, 3.8) is 0 Å². The van der Waals surface area contributed by atoms with Crippen molar-refractivity contribution in [2.45, 2.75) is 20.8 Å². The van der Waals surface area contributed by atoms with Crippen molar-refractivity contribution in [3.8, 4) is 0 Å². The summed E-state index contributed by atoms with van der Waals surface area (Å²) in [4.78, 5) is 20.9. The Bertz CT molecular complexity index is 1000. The van der Waals surface area contributed by atoms with Gasteiger partial charge in [0, 0.05) is 17.8 Å². The number of benzene rings is 2. The third-order valence-electron chi connectivity index (χ3n) is 3.98. The normalized spacial score (nSPS) is 10.6. The Hall–Kier alpha value is -3.35. The first-order valence-electron chi connectivity index (χ1n) is 8.29. The van der Waals surface area contributed by atoms with Crippen LogP contribution in [0.2, 0.25) is 0 Å². The van der Waals surface area contributed by atoms with Crippen LogP contribution in [0.3, 0.4) is 0 Å². The summed E-state index contributed by atoms with van der Waals surface area (Å²) in [5.41, 5.74) is 2.77. The van der Waals surface area contributed by atoms with Crippen molar-refractivity contribution in [1.82, 2.24) is 9.97 Å². The number of nitrogens with one attached hydrogen (secondary N) is 2. The van der Waals surface area contributed by atoms with Crippen LogP contribution in [0, 0.1) is 32.4 Å². The molecule has 2 N–H and O–H groups in total. The highest BCUT2D eigenvalue weighted by Crippen LogP contribution is 2.22. The van der Waals surface area contributed by atoms with E-state index in [1.807, 2.05) is 32.0 Å². The molecule has 138 valence electrons. The number of carbonyl (C=O) groups is 1. The molecule has 0 fully saturated rings. The van der Waals surface area contributed by atoms with Crippen LogP contribution in [-0.4, -0.2) is 15.9 Å². The fraction of sp³-hybridized carbons (Fsp3) is 0.150. The number of nitrogens with zero attached hydrogens (tertiary/aromatic N) is 2. The van der Waals surface area contributed by atoms with Gasteiger partial charge in [-0.15, -0.1) is 0 Å². The SMILES string of the molecule is Cc1nc(Nc2ccc(F)cc2F)cc(C(=O)Nc2c(C)cccc2C)n1. The van der Waals surface area contributed by atoms with E-state index in [1.54, 1.807) is 6.92 Å². The molecule has 0 radical (unpaired) electrons. The number of anilines is 3. The maximum Gasteiger partial charge on any atom is 0.274 e. The molecular formula is C20H18F2N4O. The van der Waals surface area contributed by atoms with Gasteiger partial charge in [0.2, 0.25) is 0 Å². The number of aryl methyl sites for hydroxylation is 3. The van der Waals surface area contributed by atoms with Crippen LogP contribution in [0.1, 0.15) is 27.4 Å². The van der Waals surface area contributed by atoms with E-state index in [1.165, 1.54) is 12.1 Å². The van der Waals surface area contributed by atoms with Crippen LogP contribution in [0.25, 0.3) is 0 Å². The van der Waals surface area contributed by atoms with Crippen LogP contribution in [-0.2, 0) is 0 Å². The Morgan fingerprint density at radius 1 is 0.963 bits per heavy atom. The summed E-state index contributed by atoms with van der Waals surface area (Å²) in [6.07, 6.45) is 0. The predicted octanol–water partition coefficient (Wildman–Crippen LogP) is 4.68. The summed E-state index contributed by atoms with van der Waals surface area (Å²) < 4.78 is 26.9. The van der Waals surface area contributed by atoms with Gasteiger partial charge in [0.25, 0.3) is 5.91 Å². The Morgan fingerprint density at radius 3 is 2.33 bits per heavy atom. The van der Waals surface area contributed by atoms with Crippen LogP contribution in [0.5, 0.6) is 0 Å². The highest BCUT2D eigenvalue weighted by Gasteiger charge is 2.14. The van der Waals surface area contributed by atoms with Gasteiger partial charge in [0.1, 0.15) is 29.0 Å². The Kier molecular flexibility index (Phi) is 5.12. The number of amides is 1. The van der Waals surface area contributed by atoms with Gasteiger partial charge in [-0.1, -0.05) is 18.2 Å². The van der Waals surface area contributed by atoms with E-state index < -0.39 is 17.5 Å². The van der Waals surface area contributed by atoms with Crippen molar-refractivity contribution in [2.75, 3.05) is 10.6 Å². The molecule has 0 spiro atoms. The van der Waals surface area contributed by atoms with Crippen molar-refractivity contribution < 1.29 is 13.6 Å². The lowest BCUT2D eigenvalue weighted by Gasteiger charge is -2.12. The van der Waals surface area contributed by atoms with Crippen molar-refractivity contribution in [1.29, 1.82) is 0 Å². The zero-order chi connectivity index (χ0) is 19.6. The first kappa shape index (κ1) is 18.4. The lowest BCUT2D eigenvalue weighted by Crippen LogP contribution is -2.16. The first-order valence-corrected chi connectivity index (χ1v) is 8.29. The van der Waals surface area contributed by atoms with Gasteiger partial charge in [-0.25, -0.2) is 18.7 Å². The van der Waals surface area contributed by atoms with Crippen LogP contribution in [0.4, 0.5) is 26.0 Å². The molecule has 0 aliphatic heterocycles. The van der Waals surface area contributed by atoms with E-state index in [2.05, 4.69) is 20.6 Å². The fourth-order valence-corrected chi connectivity index (χ4v) is 2.67. The molecule has 1 amide bonds. The lowest BCUT2D eigenvalue weighted by molar-refractivity contribution is 0.102. The third kappa shape index (κ3) is 4.25. The van der Waals surface area contributed by atoms with Gasteiger partial charge < -0.3 is 10.6 Å². The van der Waals surface area contributed by atoms with Crippen molar-refractivity contribution in [3.05, 3.63) is 76.7 Å². The fourth-order valence-electron chi connectivity index (χ4n) is 2.67. The summed E-state index contributed by atoms with van der Waals surface area (Å²) in [6.45, 7) is 5.43. The maximum atomic E-state index is 13.8.